The monoisotopic (exact) mass is 364 g/mol. The van der Waals surface area contributed by atoms with Crippen LogP contribution in [0.4, 0.5) is 5.95 Å². The molecule has 7 heteroatoms. The van der Waals surface area contributed by atoms with E-state index in [0.29, 0.717) is 18.5 Å². The van der Waals surface area contributed by atoms with Crippen molar-refractivity contribution in [2.45, 2.75) is 26.4 Å². The number of nitrogens with one attached hydrogen (secondary N) is 1. The van der Waals surface area contributed by atoms with Crippen LogP contribution >= 0.6 is 24.0 Å². The Balaban J connectivity index is 0.00000289. The van der Waals surface area contributed by atoms with Crippen LogP contribution in [-0.4, -0.2) is 36.1 Å². The molecule has 0 amide bonds. The molecule has 0 aliphatic carbocycles. The second-order valence-electron chi connectivity index (χ2n) is 4.24. The van der Waals surface area contributed by atoms with Gasteiger partial charge in [0.2, 0.25) is 5.95 Å². The third kappa shape index (κ3) is 5.99. The van der Waals surface area contributed by atoms with Gasteiger partial charge >= 0.3 is 0 Å². The summed E-state index contributed by atoms with van der Waals surface area (Å²) in [6, 6.07) is 2.11. The SMILES string of the molecule is CC(C)NC(N)=NCc1ccnc(N(C)C)n1.I. The lowest BCUT2D eigenvalue weighted by Gasteiger charge is -2.10. The van der Waals surface area contributed by atoms with Crippen molar-refractivity contribution in [1.29, 1.82) is 0 Å². The topological polar surface area (TPSA) is 79.4 Å². The molecule has 0 aliphatic heterocycles. The molecule has 0 unspecified atom stereocenters. The first-order chi connectivity index (χ1) is 7.99. The Morgan fingerprint density at radius 2 is 2.17 bits per heavy atom. The van der Waals surface area contributed by atoms with E-state index in [1.54, 1.807) is 6.20 Å². The molecule has 1 rings (SSSR count). The number of nitrogens with zero attached hydrogens (tertiary/aromatic N) is 4. The van der Waals surface area contributed by atoms with Gasteiger partial charge in [-0.1, -0.05) is 0 Å². The largest absolute Gasteiger partial charge is 0.370 e. The maximum absolute atomic E-state index is 5.71. The highest BCUT2D eigenvalue weighted by atomic mass is 127. The minimum absolute atomic E-state index is 0. The zero-order chi connectivity index (χ0) is 12.8. The molecule has 0 bridgehead atoms. The first-order valence-corrected chi connectivity index (χ1v) is 5.54. The predicted octanol–water partition coefficient (Wildman–Crippen LogP) is 0.973. The molecule has 0 radical (unpaired) electrons. The van der Waals surface area contributed by atoms with Gasteiger partial charge in [0.15, 0.2) is 5.96 Å². The summed E-state index contributed by atoms with van der Waals surface area (Å²) in [5, 5.41) is 3.02. The molecule has 1 heterocycles. The van der Waals surface area contributed by atoms with Crippen molar-refractivity contribution < 1.29 is 0 Å². The van der Waals surface area contributed by atoms with E-state index in [9.17, 15) is 0 Å². The summed E-state index contributed by atoms with van der Waals surface area (Å²) in [6.07, 6.45) is 1.72. The Morgan fingerprint density at radius 1 is 1.50 bits per heavy atom. The van der Waals surface area contributed by atoms with E-state index >= 15 is 0 Å². The van der Waals surface area contributed by atoms with E-state index in [0.717, 1.165) is 5.69 Å². The fourth-order valence-electron chi connectivity index (χ4n) is 1.20. The summed E-state index contributed by atoms with van der Waals surface area (Å²) < 4.78 is 0. The number of guanidine groups is 1. The van der Waals surface area contributed by atoms with Gasteiger partial charge in [0, 0.05) is 26.3 Å². The van der Waals surface area contributed by atoms with Gasteiger partial charge in [-0.15, -0.1) is 24.0 Å². The van der Waals surface area contributed by atoms with Gasteiger partial charge in [0.1, 0.15) is 0 Å². The Hall–Kier alpha value is -1.12. The van der Waals surface area contributed by atoms with Crippen molar-refractivity contribution in [2.24, 2.45) is 10.7 Å². The summed E-state index contributed by atoms with van der Waals surface area (Å²) in [5.74, 6) is 1.11. The number of hydrogen-bond acceptors (Lipinski definition) is 4. The summed E-state index contributed by atoms with van der Waals surface area (Å²) in [7, 11) is 3.80. The molecule has 1 aromatic rings. The molecule has 0 aromatic carbocycles. The van der Waals surface area contributed by atoms with Gasteiger partial charge in [-0.2, -0.15) is 0 Å². The Morgan fingerprint density at radius 3 is 2.72 bits per heavy atom. The number of anilines is 1. The van der Waals surface area contributed by atoms with Gasteiger partial charge in [-0.3, -0.25) is 0 Å². The number of nitrogens with two attached hydrogens (primary N) is 1. The lowest BCUT2D eigenvalue weighted by molar-refractivity contribution is 0.722. The Labute approximate surface area is 125 Å². The molecule has 3 N–H and O–H groups in total. The predicted molar refractivity (Wildman–Crippen MR) is 85.4 cm³/mol. The molecule has 0 spiro atoms. The van der Waals surface area contributed by atoms with E-state index in [-0.39, 0.29) is 30.0 Å². The number of halogens is 1. The first kappa shape index (κ1) is 16.9. The highest BCUT2D eigenvalue weighted by Crippen LogP contribution is 2.04. The van der Waals surface area contributed by atoms with Gasteiger partial charge in [0.05, 0.1) is 12.2 Å². The number of rotatable bonds is 4. The average molecular weight is 364 g/mol. The normalized spacial score (nSPS) is 11.1. The number of hydrogen-bond donors (Lipinski definition) is 2. The van der Waals surface area contributed by atoms with Crippen molar-refractivity contribution in [3.05, 3.63) is 18.0 Å². The fourth-order valence-corrected chi connectivity index (χ4v) is 1.20. The fraction of sp³-hybridized carbons (Fsp3) is 0.545. The maximum atomic E-state index is 5.71. The van der Waals surface area contributed by atoms with Crippen LogP contribution in [0.3, 0.4) is 0 Å². The van der Waals surface area contributed by atoms with E-state index < -0.39 is 0 Å². The molecule has 0 aliphatic rings. The Kier molecular flexibility index (Phi) is 7.56. The van der Waals surface area contributed by atoms with Crippen LogP contribution in [0.2, 0.25) is 0 Å². The highest BCUT2D eigenvalue weighted by molar-refractivity contribution is 14.0. The van der Waals surface area contributed by atoms with Crippen LogP contribution in [-0.2, 0) is 6.54 Å². The van der Waals surface area contributed by atoms with Crippen LogP contribution in [0.1, 0.15) is 19.5 Å². The molecule has 0 fully saturated rings. The van der Waals surface area contributed by atoms with Crippen molar-refractivity contribution in [1.82, 2.24) is 15.3 Å². The van der Waals surface area contributed by atoms with Gasteiger partial charge in [-0.25, -0.2) is 15.0 Å². The zero-order valence-electron chi connectivity index (χ0n) is 11.2. The van der Waals surface area contributed by atoms with E-state index in [2.05, 4.69) is 20.3 Å². The van der Waals surface area contributed by atoms with Crippen LogP contribution in [0.15, 0.2) is 17.3 Å². The van der Waals surface area contributed by atoms with Gasteiger partial charge < -0.3 is 16.0 Å². The molecular weight excluding hydrogens is 343 g/mol. The first-order valence-electron chi connectivity index (χ1n) is 5.54. The maximum Gasteiger partial charge on any atom is 0.225 e. The molecule has 0 saturated carbocycles. The third-order valence-electron chi connectivity index (χ3n) is 1.95. The average Bonchev–Trinajstić information content (AvgIpc) is 2.26. The van der Waals surface area contributed by atoms with Gasteiger partial charge in [0.25, 0.3) is 0 Å². The number of aromatic nitrogens is 2. The molecule has 6 nitrogen and oxygen atoms in total. The highest BCUT2D eigenvalue weighted by Gasteiger charge is 2.01. The van der Waals surface area contributed by atoms with Crippen LogP contribution in [0.5, 0.6) is 0 Å². The van der Waals surface area contributed by atoms with Crippen LogP contribution in [0, 0.1) is 0 Å². The Bertz CT molecular complexity index is 391. The van der Waals surface area contributed by atoms with Gasteiger partial charge in [-0.05, 0) is 19.9 Å². The summed E-state index contributed by atoms with van der Waals surface area (Å²) >= 11 is 0. The van der Waals surface area contributed by atoms with Crippen molar-refractivity contribution in [3.8, 4) is 0 Å². The minimum atomic E-state index is 0. The minimum Gasteiger partial charge on any atom is -0.370 e. The molecule has 102 valence electrons. The molecular formula is C11H21IN6. The van der Waals surface area contributed by atoms with E-state index in [1.165, 1.54) is 0 Å². The molecule has 1 aromatic heterocycles. The summed E-state index contributed by atoms with van der Waals surface area (Å²) in [5.41, 5.74) is 6.55. The standard InChI is InChI=1S/C11H20N6.HI/c1-8(2)15-10(12)14-7-9-5-6-13-11(16-9)17(3)4;/h5-6,8H,7H2,1-4H3,(H3,12,14,15);1H. The second kappa shape index (κ2) is 8.06. The lowest BCUT2D eigenvalue weighted by atomic mass is 10.4. The van der Waals surface area contributed by atoms with Crippen molar-refractivity contribution in [3.63, 3.8) is 0 Å². The van der Waals surface area contributed by atoms with Crippen LogP contribution in [0.25, 0.3) is 0 Å². The number of aliphatic imine (C=N–C) groups is 1. The van der Waals surface area contributed by atoms with Crippen LogP contribution < -0.4 is 16.0 Å². The summed E-state index contributed by atoms with van der Waals surface area (Å²) in [4.78, 5) is 14.5. The zero-order valence-corrected chi connectivity index (χ0v) is 13.5. The van der Waals surface area contributed by atoms with E-state index in [1.807, 2.05) is 38.9 Å². The smallest absolute Gasteiger partial charge is 0.225 e. The quantitative estimate of drug-likeness (QED) is 0.473. The second-order valence-corrected chi connectivity index (χ2v) is 4.24. The summed E-state index contributed by atoms with van der Waals surface area (Å²) in [6.45, 7) is 4.48. The lowest BCUT2D eigenvalue weighted by Crippen LogP contribution is -2.36. The molecule has 0 atom stereocenters. The third-order valence-corrected chi connectivity index (χ3v) is 1.95. The van der Waals surface area contributed by atoms with Crippen molar-refractivity contribution in [2.75, 3.05) is 19.0 Å². The van der Waals surface area contributed by atoms with Crippen molar-refractivity contribution >= 4 is 35.9 Å². The molecule has 18 heavy (non-hydrogen) atoms. The molecule has 0 saturated heterocycles. The van der Waals surface area contributed by atoms with E-state index in [4.69, 9.17) is 5.73 Å².